The SMILES string of the molecule is Cl.O=S1(=O)CCN2c3c(cc(-c4ccc(Cl)cc4Cl)cc31)[C@@H]1CNCC[C@@H]12. The predicted molar refractivity (Wildman–Crippen MR) is 113 cm³/mol. The summed E-state index contributed by atoms with van der Waals surface area (Å²) < 4.78 is 25.7. The van der Waals surface area contributed by atoms with Crippen LogP contribution in [0.15, 0.2) is 35.2 Å². The van der Waals surface area contributed by atoms with E-state index in [9.17, 15) is 8.42 Å². The van der Waals surface area contributed by atoms with Gasteiger partial charge in [-0.2, -0.15) is 0 Å². The van der Waals surface area contributed by atoms with Gasteiger partial charge in [0.15, 0.2) is 9.84 Å². The van der Waals surface area contributed by atoms with Gasteiger partial charge in [-0.05, 0) is 48.4 Å². The number of nitrogens with zero attached hydrogens (tertiary/aromatic N) is 1. The topological polar surface area (TPSA) is 49.4 Å². The van der Waals surface area contributed by atoms with E-state index < -0.39 is 9.84 Å². The van der Waals surface area contributed by atoms with Gasteiger partial charge in [-0.1, -0.05) is 29.3 Å². The molecule has 3 aliphatic heterocycles. The highest BCUT2D eigenvalue weighted by molar-refractivity contribution is 7.91. The highest BCUT2D eigenvalue weighted by Gasteiger charge is 2.45. The number of fused-ring (bicyclic) bond motifs is 3. The van der Waals surface area contributed by atoms with E-state index in [1.54, 1.807) is 18.2 Å². The highest BCUT2D eigenvalue weighted by atomic mass is 35.5. The summed E-state index contributed by atoms with van der Waals surface area (Å²) in [4.78, 5) is 2.78. The molecule has 0 radical (unpaired) electrons. The fraction of sp³-hybridized carbons (Fsp3) is 0.368. The minimum atomic E-state index is -3.28. The zero-order chi connectivity index (χ0) is 18.1. The molecular formula is C19H19Cl3N2O2S. The molecule has 1 saturated heterocycles. The van der Waals surface area contributed by atoms with Crippen LogP contribution in [0.2, 0.25) is 10.0 Å². The smallest absolute Gasteiger partial charge is 0.182 e. The Balaban J connectivity index is 0.00000180. The summed E-state index contributed by atoms with van der Waals surface area (Å²) in [6.45, 7) is 2.44. The Hall–Kier alpha value is -0.980. The second-order valence-electron chi connectivity index (χ2n) is 7.22. The van der Waals surface area contributed by atoms with Gasteiger partial charge in [0.2, 0.25) is 0 Å². The Labute approximate surface area is 175 Å². The average molecular weight is 446 g/mol. The van der Waals surface area contributed by atoms with Gasteiger partial charge >= 0.3 is 0 Å². The Bertz CT molecular complexity index is 1030. The van der Waals surface area contributed by atoms with Crippen LogP contribution < -0.4 is 10.2 Å². The molecule has 2 atom stereocenters. The maximum absolute atomic E-state index is 12.8. The molecule has 3 aliphatic rings. The molecule has 1 N–H and O–H groups in total. The molecule has 0 bridgehead atoms. The van der Waals surface area contributed by atoms with Gasteiger partial charge in [0, 0.05) is 40.7 Å². The molecule has 8 heteroatoms. The van der Waals surface area contributed by atoms with Crippen molar-refractivity contribution in [1.29, 1.82) is 0 Å². The number of benzene rings is 2. The summed E-state index contributed by atoms with van der Waals surface area (Å²) in [5.41, 5.74) is 3.71. The summed E-state index contributed by atoms with van der Waals surface area (Å²) in [5.74, 6) is 0.491. The fourth-order valence-electron chi connectivity index (χ4n) is 4.64. The third kappa shape index (κ3) is 2.95. The number of sulfone groups is 1. The standard InChI is InChI=1S/C19H18Cl2N2O2S.ClH/c20-12-1-2-13(16(21)9-12)11-7-14-15-10-22-4-3-17(15)23-5-6-26(24,25)18(8-11)19(14)23;/h1-2,7-9,15,17,22H,3-6,10H2;1H/t15-,17-;/m0./s1. The fourth-order valence-corrected chi connectivity index (χ4v) is 6.65. The summed E-state index contributed by atoms with van der Waals surface area (Å²) in [6.07, 6.45) is 1.04. The van der Waals surface area contributed by atoms with Gasteiger partial charge in [-0.15, -0.1) is 12.4 Å². The highest BCUT2D eigenvalue weighted by Crippen LogP contribution is 2.50. The molecular weight excluding hydrogens is 427 g/mol. The van der Waals surface area contributed by atoms with Crippen molar-refractivity contribution in [2.75, 3.05) is 30.3 Å². The monoisotopic (exact) mass is 444 g/mol. The van der Waals surface area contributed by atoms with Gasteiger partial charge in [-0.3, -0.25) is 0 Å². The van der Waals surface area contributed by atoms with E-state index in [0.717, 1.165) is 41.9 Å². The Morgan fingerprint density at radius 2 is 1.96 bits per heavy atom. The Morgan fingerprint density at radius 1 is 1.15 bits per heavy atom. The van der Waals surface area contributed by atoms with Crippen molar-refractivity contribution in [3.05, 3.63) is 45.9 Å². The molecule has 144 valence electrons. The van der Waals surface area contributed by atoms with E-state index in [0.29, 0.717) is 33.4 Å². The van der Waals surface area contributed by atoms with E-state index in [-0.39, 0.29) is 18.2 Å². The zero-order valence-corrected chi connectivity index (χ0v) is 17.6. The van der Waals surface area contributed by atoms with Gasteiger partial charge in [-0.25, -0.2) is 8.42 Å². The van der Waals surface area contributed by atoms with Crippen molar-refractivity contribution in [3.8, 4) is 11.1 Å². The first-order valence-corrected chi connectivity index (χ1v) is 11.2. The van der Waals surface area contributed by atoms with Crippen molar-refractivity contribution in [2.24, 2.45) is 0 Å². The van der Waals surface area contributed by atoms with Crippen LogP contribution in [0, 0.1) is 0 Å². The molecule has 3 heterocycles. The Morgan fingerprint density at radius 3 is 2.74 bits per heavy atom. The number of anilines is 1. The van der Waals surface area contributed by atoms with Crippen LogP contribution in [0.3, 0.4) is 0 Å². The van der Waals surface area contributed by atoms with Crippen LogP contribution in [0.1, 0.15) is 17.9 Å². The molecule has 2 aromatic rings. The molecule has 1 fully saturated rings. The molecule has 0 spiro atoms. The lowest BCUT2D eigenvalue weighted by Crippen LogP contribution is -2.46. The second kappa shape index (κ2) is 6.82. The first-order valence-electron chi connectivity index (χ1n) is 8.79. The third-order valence-electron chi connectivity index (χ3n) is 5.82. The van der Waals surface area contributed by atoms with Crippen LogP contribution >= 0.6 is 35.6 Å². The Kier molecular flexibility index (Phi) is 4.88. The molecule has 0 aromatic heterocycles. The lowest BCUT2D eigenvalue weighted by atomic mass is 9.89. The van der Waals surface area contributed by atoms with Gasteiger partial charge < -0.3 is 10.2 Å². The molecule has 0 saturated carbocycles. The minimum absolute atomic E-state index is 0. The lowest BCUT2D eigenvalue weighted by molar-refractivity contribution is 0.405. The minimum Gasteiger partial charge on any atom is -0.366 e. The first kappa shape index (κ1) is 19.3. The quantitative estimate of drug-likeness (QED) is 0.717. The number of hydrogen-bond donors (Lipinski definition) is 1. The van der Waals surface area contributed by atoms with E-state index in [1.807, 2.05) is 6.07 Å². The van der Waals surface area contributed by atoms with Crippen molar-refractivity contribution >= 4 is 51.1 Å². The maximum Gasteiger partial charge on any atom is 0.182 e. The number of halogens is 3. The maximum atomic E-state index is 12.8. The molecule has 0 aliphatic carbocycles. The van der Waals surface area contributed by atoms with Crippen molar-refractivity contribution in [2.45, 2.75) is 23.3 Å². The second-order valence-corrected chi connectivity index (χ2v) is 10.1. The van der Waals surface area contributed by atoms with E-state index in [1.165, 1.54) is 0 Å². The molecule has 27 heavy (non-hydrogen) atoms. The van der Waals surface area contributed by atoms with E-state index >= 15 is 0 Å². The molecule has 0 unspecified atom stereocenters. The van der Waals surface area contributed by atoms with Crippen molar-refractivity contribution in [1.82, 2.24) is 5.32 Å². The normalized spacial score (nSPS) is 24.7. The number of piperidine rings is 1. The number of nitrogens with one attached hydrogen (secondary N) is 1. The summed E-state index contributed by atoms with van der Waals surface area (Å²) in [5, 5.41) is 4.56. The van der Waals surface area contributed by atoms with Gasteiger partial charge in [0.1, 0.15) is 0 Å². The summed E-state index contributed by atoms with van der Waals surface area (Å²) >= 11 is 12.4. The van der Waals surface area contributed by atoms with Crippen LogP contribution in [0.25, 0.3) is 11.1 Å². The average Bonchev–Trinajstić information content (AvgIpc) is 2.93. The van der Waals surface area contributed by atoms with Crippen LogP contribution in [0.4, 0.5) is 5.69 Å². The van der Waals surface area contributed by atoms with Crippen LogP contribution in [0.5, 0.6) is 0 Å². The third-order valence-corrected chi connectivity index (χ3v) is 8.06. The molecule has 4 nitrogen and oxygen atoms in total. The first-order chi connectivity index (χ1) is 12.5. The van der Waals surface area contributed by atoms with E-state index in [4.69, 9.17) is 23.2 Å². The summed E-state index contributed by atoms with van der Waals surface area (Å²) in [7, 11) is -3.28. The van der Waals surface area contributed by atoms with Gasteiger partial charge in [0.25, 0.3) is 0 Å². The van der Waals surface area contributed by atoms with Crippen molar-refractivity contribution in [3.63, 3.8) is 0 Å². The molecule has 2 aromatic carbocycles. The number of rotatable bonds is 1. The predicted octanol–water partition coefficient (Wildman–Crippen LogP) is 4.14. The van der Waals surface area contributed by atoms with E-state index in [2.05, 4.69) is 16.3 Å². The molecule has 5 rings (SSSR count). The van der Waals surface area contributed by atoms with Crippen LogP contribution in [-0.4, -0.2) is 39.8 Å². The summed E-state index contributed by atoms with van der Waals surface area (Å²) in [6, 6.07) is 9.64. The largest absolute Gasteiger partial charge is 0.366 e. The lowest BCUT2D eigenvalue weighted by Gasteiger charge is -2.36. The number of hydrogen-bond acceptors (Lipinski definition) is 4. The van der Waals surface area contributed by atoms with Crippen molar-refractivity contribution < 1.29 is 8.42 Å². The van der Waals surface area contributed by atoms with Crippen LogP contribution in [-0.2, 0) is 9.84 Å². The zero-order valence-electron chi connectivity index (χ0n) is 14.4. The van der Waals surface area contributed by atoms with Gasteiger partial charge in [0.05, 0.1) is 16.3 Å². The molecule has 0 amide bonds.